The minimum atomic E-state index is 0.133. The van der Waals surface area contributed by atoms with Gasteiger partial charge in [0.2, 0.25) is 0 Å². The van der Waals surface area contributed by atoms with E-state index in [9.17, 15) is 4.79 Å². The molecule has 1 fully saturated rings. The SMILES string of the molecule is Cc1ccccc1C1CN(C(C)C)C(=O)N1C. The predicted molar refractivity (Wildman–Crippen MR) is 68.9 cm³/mol. The third kappa shape index (κ3) is 2.02. The lowest BCUT2D eigenvalue weighted by Gasteiger charge is -2.19. The molecule has 92 valence electrons. The van der Waals surface area contributed by atoms with Crippen LogP contribution in [0.15, 0.2) is 24.3 Å². The number of rotatable bonds is 2. The van der Waals surface area contributed by atoms with Crippen molar-refractivity contribution in [3.8, 4) is 0 Å². The maximum atomic E-state index is 12.1. The van der Waals surface area contributed by atoms with E-state index in [-0.39, 0.29) is 18.1 Å². The number of carbonyl (C=O) groups is 1. The van der Waals surface area contributed by atoms with E-state index < -0.39 is 0 Å². The Balaban J connectivity index is 2.30. The maximum absolute atomic E-state index is 12.1. The maximum Gasteiger partial charge on any atom is 0.320 e. The lowest BCUT2D eigenvalue weighted by Crippen LogP contribution is -2.34. The van der Waals surface area contributed by atoms with Crippen LogP contribution in [0.4, 0.5) is 4.79 Å². The monoisotopic (exact) mass is 232 g/mol. The van der Waals surface area contributed by atoms with Gasteiger partial charge in [-0.05, 0) is 31.9 Å². The Morgan fingerprint density at radius 3 is 2.47 bits per heavy atom. The molecule has 2 rings (SSSR count). The van der Waals surface area contributed by atoms with Crippen molar-refractivity contribution >= 4 is 6.03 Å². The summed E-state index contributed by atoms with van der Waals surface area (Å²) in [6.45, 7) is 7.02. The molecule has 0 bridgehead atoms. The van der Waals surface area contributed by atoms with E-state index in [1.807, 2.05) is 29.0 Å². The second-order valence-electron chi connectivity index (χ2n) is 5.01. The quantitative estimate of drug-likeness (QED) is 0.769. The zero-order valence-corrected chi connectivity index (χ0v) is 11.0. The van der Waals surface area contributed by atoms with E-state index in [4.69, 9.17) is 0 Å². The van der Waals surface area contributed by atoms with Crippen LogP contribution < -0.4 is 0 Å². The molecule has 2 amide bonds. The van der Waals surface area contributed by atoms with Crippen molar-refractivity contribution in [2.75, 3.05) is 13.6 Å². The first-order valence-electron chi connectivity index (χ1n) is 6.11. The number of nitrogens with zero attached hydrogens (tertiary/aromatic N) is 2. The van der Waals surface area contributed by atoms with Gasteiger partial charge in [0.05, 0.1) is 6.04 Å². The topological polar surface area (TPSA) is 23.6 Å². The zero-order chi connectivity index (χ0) is 12.6. The van der Waals surface area contributed by atoms with E-state index in [1.54, 1.807) is 0 Å². The molecule has 3 nitrogen and oxygen atoms in total. The van der Waals surface area contributed by atoms with Crippen LogP contribution in [0.2, 0.25) is 0 Å². The fraction of sp³-hybridized carbons (Fsp3) is 0.500. The lowest BCUT2D eigenvalue weighted by atomic mass is 10.0. The van der Waals surface area contributed by atoms with Crippen molar-refractivity contribution < 1.29 is 4.79 Å². The Morgan fingerprint density at radius 1 is 1.29 bits per heavy atom. The van der Waals surface area contributed by atoms with Gasteiger partial charge in [-0.15, -0.1) is 0 Å². The van der Waals surface area contributed by atoms with E-state index in [0.717, 1.165) is 6.54 Å². The summed E-state index contributed by atoms with van der Waals surface area (Å²) in [4.78, 5) is 15.9. The van der Waals surface area contributed by atoms with E-state index in [2.05, 4.69) is 32.9 Å². The third-order valence-electron chi connectivity index (χ3n) is 3.56. The average molecular weight is 232 g/mol. The van der Waals surface area contributed by atoms with Crippen molar-refractivity contribution in [1.29, 1.82) is 0 Å². The number of hydrogen-bond donors (Lipinski definition) is 0. The normalized spacial score (nSPS) is 20.5. The standard InChI is InChI=1S/C14H20N2O/c1-10(2)16-9-13(15(4)14(16)17)12-8-6-5-7-11(12)3/h5-8,10,13H,9H2,1-4H3. The molecule has 3 heteroatoms. The van der Waals surface area contributed by atoms with Crippen molar-refractivity contribution in [2.24, 2.45) is 0 Å². The number of aryl methyl sites for hydroxylation is 1. The molecule has 0 radical (unpaired) electrons. The summed E-state index contributed by atoms with van der Waals surface area (Å²) in [5.74, 6) is 0. The van der Waals surface area contributed by atoms with E-state index in [0.29, 0.717) is 0 Å². The molecule has 1 saturated heterocycles. The van der Waals surface area contributed by atoms with Crippen LogP contribution in [0.3, 0.4) is 0 Å². The molecular weight excluding hydrogens is 212 g/mol. The van der Waals surface area contributed by atoms with Crippen LogP contribution in [0.5, 0.6) is 0 Å². The first kappa shape index (κ1) is 12.0. The summed E-state index contributed by atoms with van der Waals surface area (Å²) < 4.78 is 0. The largest absolute Gasteiger partial charge is 0.320 e. The number of hydrogen-bond acceptors (Lipinski definition) is 1. The molecule has 1 aliphatic rings. The molecule has 1 heterocycles. The fourth-order valence-corrected chi connectivity index (χ4v) is 2.42. The van der Waals surface area contributed by atoms with Crippen LogP contribution in [-0.2, 0) is 0 Å². The Morgan fingerprint density at radius 2 is 1.94 bits per heavy atom. The second-order valence-corrected chi connectivity index (χ2v) is 5.01. The minimum Gasteiger partial charge on any atom is -0.320 e. The van der Waals surface area contributed by atoms with Gasteiger partial charge in [0.25, 0.3) is 0 Å². The first-order chi connectivity index (χ1) is 8.02. The highest BCUT2D eigenvalue weighted by Gasteiger charge is 2.37. The van der Waals surface area contributed by atoms with Gasteiger partial charge in [-0.2, -0.15) is 0 Å². The Bertz CT molecular complexity index is 428. The molecule has 0 spiro atoms. The minimum absolute atomic E-state index is 0.133. The highest BCUT2D eigenvalue weighted by atomic mass is 16.2. The van der Waals surface area contributed by atoms with Crippen molar-refractivity contribution in [3.63, 3.8) is 0 Å². The van der Waals surface area contributed by atoms with Gasteiger partial charge in [-0.3, -0.25) is 0 Å². The summed E-state index contributed by atoms with van der Waals surface area (Å²) in [5, 5.41) is 0. The van der Waals surface area contributed by atoms with Crippen LogP contribution in [-0.4, -0.2) is 35.5 Å². The number of amides is 2. The van der Waals surface area contributed by atoms with Gasteiger partial charge in [0.15, 0.2) is 0 Å². The van der Waals surface area contributed by atoms with Gasteiger partial charge in [0.1, 0.15) is 0 Å². The molecule has 1 aromatic rings. The molecule has 1 atom stereocenters. The Hall–Kier alpha value is -1.51. The van der Waals surface area contributed by atoms with Crippen molar-refractivity contribution in [3.05, 3.63) is 35.4 Å². The van der Waals surface area contributed by atoms with Crippen LogP contribution in [0.1, 0.15) is 31.0 Å². The molecule has 1 aromatic carbocycles. The highest BCUT2D eigenvalue weighted by Crippen LogP contribution is 2.30. The molecule has 0 aliphatic carbocycles. The average Bonchev–Trinajstić information content (AvgIpc) is 2.57. The van der Waals surface area contributed by atoms with E-state index in [1.165, 1.54) is 11.1 Å². The molecule has 0 aromatic heterocycles. The van der Waals surface area contributed by atoms with Crippen molar-refractivity contribution in [2.45, 2.75) is 32.9 Å². The number of carbonyl (C=O) groups excluding carboxylic acids is 1. The molecule has 17 heavy (non-hydrogen) atoms. The van der Waals surface area contributed by atoms with Crippen molar-refractivity contribution in [1.82, 2.24) is 9.80 Å². The smallest absolute Gasteiger partial charge is 0.320 e. The zero-order valence-electron chi connectivity index (χ0n) is 11.0. The number of likely N-dealkylation sites (N-methyl/N-ethyl adjacent to an activating group) is 1. The molecule has 1 aliphatic heterocycles. The fourth-order valence-electron chi connectivity index (χ4n) is 2.42. The second kappa shape index (κ2) is 4.40. The van der Waals surface area contributed by atoms with Gasteiger partial charge in [-0.1, -0.05) is 24.3 Å². The lowest BCUT2D eigenvalue weighted by molar-refractivity contribution is 0.187. The molecule has 0 saturated carbocycles. The van der Waals surface area contributed by atoms with Crippen LogP contribution >= 0.6 is 0 Å². The third-order valence-corrected chi connectivity index (χ3v) is 3.56. The van der Waals surface area contributed by atoms with Crippen LogP contribution in [0.25, 0.3) is 0 Å². The molecule has 1 unspecified atom stereocenters. The van der Waals surface area contributed by atoms with Gasteiger partial charge in [-0.25, -0.2) is 4.79 Å². The summed E-state index contributed by atoms with van der Waals surface area (Å²) in [7, 11) is 1.89. The first-order valence-corrected chi connectivity index (χ1v) is 6.11. The summed E-state index contributed by atoms with van der Waals surface area (Å²) >= 11 is 0. The van der Waals surface area contributed by atoms with Gasteiger partial charge >= 0.3 is 6.03 Å². The number of urea groups is 1. The van der Waals surface area contributed by atoms with Gasteiger partial charge in [0, 0.05) is 19.6 Å². The highest BCUT2D eigenvalue weighted by molar-refractivity contribution is 5.77. The van der Waals surface area contributed by atoms with Gasteiger partial charge < -0.3 is 9.80 Å². The van der Waals surface area contributed by atoms with E-state index >= 15 is 0 Å². The predicted octanol–water partition coefficient (Wildman–Crippen LogP) is 2.81. The Labute approximate surface area is 103 Å². The summed E-state index contributed by atoms with van der Waals surface area (Å²) in [6.07, 6.45) is 0. The number of benzene rings is 1. The van der Waals surface area contributed by atoms with Crippen LogP contribution in [0, 0.1) is 6.92 Å². The molecular formula is C14H20N2O. The summed E-state index contributed by atoms with van der Waals surface area (Å²) in [5.41, 5.74) is 2.51. The molecule has 0 N–H and O–H groups in total. The Kier molecular flexibility index (Phi) is 3.09. The summed E-state index contributed by atoms with van der Waals surface area (Å²) in [6, 6.07) is 8.88.